The Morgan fingerprint density at radius 1 is 1.39 bits per heavy atom. The molecule has 2 rings (SSSR count). The van der Waals surface area contributed by atoms with Crippen molar-refractivity contribution in [2.75, 3.05) is 20.1 Å². The number of non-ortho nitro benzene ring substituents is 1. The monoisotopic (exact) mass is 353 g/mol. The Kier molecular flexibility index (Phi) is 4.64. The number of rotatable bonds is 4. The Labute approximate surface area is 130 Å². The molecule has 1 aromatic carbocycles. The van der Waals surface area contributed by atoms with Crippen molar-refractivity contribution in [1.82, 2.24) is 9.62 Å². The van der Waals surface area contributed by atoms with Gasteiger partial charge >= 0.3 is 6.18 Å². The van der Waals surface area contributed by atoms with Gasteiger partial charge in [0.05, 0.1) is 15.4 Å². The first-order chi connectivity index (χ1) is 10.5. The average Bonchev–Trinajstić information content (AvgIpc) is 2.98. The zero-order valence-corrected chi connectivity index (χ0v) is 12.8. The molecule has 0 amide bonds. The normalized spacial score (nSPS) is 19.3. The Balaban J connectivity index is 2.54. The smallest absolute Gasteiger partial charge is 0.315 e. The van der Waals surface area contributed by atoms with Crippen molar-refractivity contribution < 1.29 is 26.5 Å². The van der Waals surface area contributed by atoms with E-state index in [0.29, 0.717) is 25.6 Å². The SMILES string of the molecule is CN(C1CCNC1)S(=O)(=O)c1ccc([N+](=O)[O-])cc1C(F)(F)F. The molecule has 1 aromatic rings. The number of nitro groups is 1. The van der Waals surface area contributed by atoms with Crippen molar-refractivity contribution in [3.05, 3.63) is 33.9 Å². The zero-order chi connectivity index (χ0) is 17.4. The highest BCUT2D eigenvalue weighted by atomic mass is 32.2. The number of nitrogens with zero attached hydrogens (tertiary/aromatic N) is 2. The predicted molar refractivity (Wildman–Crippen MR) is 74.3 cm³/mol. The first-order valence-electron chi connectivity index (χ1n) is 6.59. The minimum absolute atomic E-state index is 0.244. The van der Waals surface area contributed by atoms with Crippen molar-refractivity contribution >= 4 is 15.7 Å². The fraction of sp³-hybridized carbons (Fsp3) is 0.500. The molecule has 0 radical (unpaired) electrons. The van der Waals surface area contributed by atoms with Gasteiger partial charge in [-0.3, -0.25) is 10.1 Å². The number of hydrogen-bond donors (Lipinski definition) is 1. The summed E-state index contributed by atoms with van der Waals surface area (Å²) in [6, 6.07) is 1.17. The third-order valence-electron chi connectivity index (χ3n) is 3.68. The number of halogens is 3. The quantitative estimate of drug-likeness (QED) is 0.656. The van der Waals surface area contributed by atoms with Crippen LogP contribution in [0.4, 0.5) is 18.9 Å². The molecule has 1 saturated heterocycles. The van der Waals surface area contributed by atoms with Crippen LogP contribution in [-0.2, 0) is 16.2 Å². The van der Waals surface area contributed by atoms with E-state index >= 15 is 0 Å². The maximum atomic E-state index is 13.1. The minimum Gasteiger partial charge on any atom is -0.315 e. The van der Waals surface area contributed by atoms with Crippen molar-refractivity contribution in [3.63, 3.8) is 0 Å². The van der Waals surface area contributed by atoms with E-state index in [1.165, 1.54) is 7.05 Å². The van der Waals surface area contributed by atoms with Crippen LogP contribution < -0.4 is 5.32 Å². The van der Waals surface area contributed by atoms with Crippen LogP contribution in [0.25, 0.3) is 0 Å². The van der Waals surface area contributed by atoms with Crippen molar-refractivity contribution in [2.24, 2.45) is 0 Å². The van der Waals surface area contributed by atoms with Crippen LogP contribution in [-0.4, -0.2) is 43.8 Å². The van der Waals surface area contributed by atoms with Crippen LogP contribution >= 0.6 is 0 Å². The fourth-order valence-electron chi connectivity index (χ4n) is 2.38. The topological polar surface area (TPSA) is 92.6 Å². The lowest BCUT2D eigenvalue weighted by Gasteiger charge is -2.24. The van der Waals surface area contributed by atoms with E-state index in [1.807, 2.05) is 0 Å². The van der Waals surface area contributed by atoms with Crippen molar-refractivity contribution in [2.45, 2.75) is 23.5 Å². The Hall–Kier alpha value is -1.72. The molecule has 23 heavy (non-hydrogen) atoms. The maximum Gasteiger partial charge on any atom is 0.417 e. The molecule has 1 heterocycles. The highest BCUT2D eigenvalue weighted by Crippen LogP contribution is 2.37. The summed E-state index contributed by atoms with van der Waals surface area (Å²) in [5.41, 5.74) is -2.36. The summed E-state index contributed by atoms with van der Waals surface area (Å²) < 4.78 is 65.3. The summed E-state index contributed by atoms with van der Waals surface area (Å²) in [5.74, 6) is 0. The Morgan fingerprint density at radius 3 is 2.52 bits per heavy atom. The molecule has 1 aliphatic rings. The third kappa shape index (κ3) is 3.46. The summed E-state index contributed by atoms with van der Waals surface area (Å²) in [7, 11) is -3.22. The van der Waals surface area contributed by atoms with Gasteiger partial charge in [0.2, 0.25) is 10.0 Å². The van der Waals surface area contributed by atoms with Gasteiger partial charge in [-0.25, -0.2) is 8.42 Å². The fourth-order valence-corrected chi connectivity index (χ4v) is 3.95. The molecule has 1 unspecified atom stereocenters. The van der Waals surface area contributed by atoms with Gasteiger partial charge < -0.3 is 5.32 Å². The number of nitrogens with one attached hydrogen (secondary N) is 1. The lowest BCUT2D eigenvalue weighted by molar-refractivity contribution is -0.385. The summed E-state index contributed by atoms with van der Waals surface area (Å²) in [6.45, 7) is 0.904. The van der Waals surface area contributed by atoms with Crippen molar-refractivity contribution in [1.29, 1.82) is 0 Å². The second-order valence-corrected chi connectivity index (χ2v) is 7.07. The van der Waals surface area contributed by atoms with E-state index in [9.17, 15) is 31.7 Å². The molecule has 7 nitrogen and oxygen atoms in total. The molecule has 0 spiro atoms. The highest BCUT2D eigenvalue weighted by molar-refractivity contribution is 7.89. The Morgan fingerprint density at radius 2 is 2.04 bits per heavy atom. The molecule has 0 aliphatic carbocycles. The first-order valence-corrected chi connectivity index (χ1v) is 8.03. The van der Waals surface area contributed by atoms with Gasteiger partial charge in [0, 0.05) is 31.8 Å². The van der Waals surface area contributed by atoms with Gasteiger partial charge in [0.25, 0.3) is 5.69 Å². The summed E-state index contributed by atoms with van der Waals surface area (Å²) >= 11 is 0. The van der Waals surface area contributed by atoms with Gasteiger partial charge in [-0.2, -0.15) is 17.5 Å². The summed E-state index contributed by atoms with van der Waals surface area (Å²) in [6.07, 6.45) is -4.55. The zero-order valence-electron chi connectivity index (χ0n) is 12.0. The van der Waals surface area contributed by atoms with Gasteiger partial charge in [-0.15, -0.1) is 0 Å². The van der Waals surface area contributed by atoms with Gasteiger partial charge in [-0.05, 0) is 19.0 Å². The highest BCUT2D eigenvalue weighted by Gasteiger charge is 2.41. The van der Waals surface area contributed by atoms with Crippen LogP contribution in [0.2, 0.25) is 0 Å². The second kappa shape index (κ2) is 6.06. The van der Waals surface area contributed by atoms with E-state index in [-0.39, 0.29) is 6.07 Å². The average molecular weight is 353 g/mol. The number of likely N-dealkylation sites (N-methyl/N-ethyl adjacent to an activating group) is 1. The second-order valence-electron chi connectivity index (χ2n) is 5.10. The van der Waals surface area contributed by atoms with E-state index < -0.39 is 43.3 Å². The van der Waals surface area contributed by atoms with Crippen LogP contribution in [0, 0.1) is 10.1 Å². The standard InChI is InChI=1S/C12H14F3N3O4S/c1-17(9-4-5-16-7-9)23(21,22)11-3-2-8(18(19)20)6-10(11)12(13,14)15/h2-3,6,9,16H,4-5,7H2,1H3. The molecule has 1 aliphatic heterocycles. The number of hydrogen-bond acceptors (Lipinski definition) is 5. The van der Waals surface area contributed by atoms with Gasteiger partial charge in [0.15, 0.2) is 0 Å². The molecule has 1 N–H and O–H groups in total. The molecular weight excluding hydrogens is 339 g/mol. The third-order valence-corrected chi connectivity index (χ3v) is 5.65. The molecule has 128 valence electrons. The largest absolute Gasteiger partial charge is 0.417 e. The summed E-state index contributed by atoms with van der Waals surface area (Å²) in [5, 5.41) is 13.6. The minimum atomic E-state index is -5.02. The molecule has 1 fully saturated rings. The number of benzene rings is 1. The van der Waals surface area contributed by atoms with E-state index in [0.717, 1.165) is 10.4 Å². The summed E-state index contributed by atoms with van der Waals surface area (Å²) in [4.78, 5) is 8.67. The van der Waals surface area contributed by atoms with E-state index in [4.69, 9.17) is 0 Å². The van der Waals surface area contributed by atoms with Gasteiger partial charge in [0.1, 0.15) is 0 Å². The molecular formula is C12H14F3N3O4S. The predicted octanol–water partition coefficient (Wildman–Crippen LogP) is 1.60. The van der Waals surface area contributed by atoms with Crippen molar-refractivity contribution in [3.8, 4) is 0 Å². The number of alkyl halides is 3. The maximum absolute atomic E-state index is 13.1. The molecule has 0 bridgehead atoms. The molecule has 11 heteroatoms. The molecule has 0 saturated carbocycles. The molecule has 0 aromatic heterocycles. The van der Waals surface area contributed by atoms with E-state index in [2.05, 4.69) is 5.32 Å². The lowest BCUT2D eigenvalue weighted by Crippen LogP contribution is -2.39. The van der Waals surface area contributed by atoms with E-state index in [1.54, 1.807) is 0 Å². The molecule has 1 atom stereocenters. The Bertz CT molecular complexity index is 715. The first kappa shape index (κ1) is 17.6. The van der Waals surface area contributed by atoms with Gasteiger partial charge in [-0.1, -0.05) is 0 Å². The van der Waals surface area contributed by atoms with Crippen LogP contribution in [0.1, 0.15) is 12.0 Å². The number of nitro benzene ring substituents is 1. The number of sulfonamides is 1. The van der Waals surface area contributed by atoms with Crippen LogP contribution in [0.15, 0.2) is 23.1 Å². The van der Waals surface area contributed by atoms with Crippen LogP contribution in [0.3, 0.4) is 0 Å². The lowest BCUT2D eigenvalue weighted by atomic mass is 10.2. The van der Waals surface area contributed by atoms with Crippen LogP contribution in [0.5, 0.6) is 0 Å².